The van der Waals surface area contributed by atoms with E-state index in [0.29, 0.717) is 5.41 Å². The lowest BCUT2D eigenvalue weighted by Crippen LogP contribution is -2.09. The normalized spacial score (nSPS) is 13.8. The molecule has 0 saturated heterocycles. The minimum Gasteiger partial charge on any atom is -0.119 e. The van der Waals surface area contributed by atoms with Gasteiger partial charge in [0.1, 0.15) is 0 Å². The standard InChI is InChI=1S/C10H16/c1-6-9(7-2)8-10(3,4)5/h1,7,9H,2,8H2,3-5H3. The molecule has 0 heterocycles. The van der Waals surface area contributed by atoms with Gasteiger partial charge in [-0.2, -0.15) is 0 Å². The van der Waals surface area contributed by atoms with Crippen molar-refractivity contribution < 1.29 is 0 Å². The van der Waals surface area contributed by atoms with Gasteiger partial charge in [-0.15, -0.1) is 13.0 Å². The summed E-state index contributed by atoms with van der Waals surface area (Å²) in [7, 11) is 0. The van der Waals surface area contributed by atoms with Gasteiger partial charge in [0.05, 0.1) is 0 Å². The minimum absolute atomic E-state index is 0.236. The monoisotopic (exact) mass is 136 g/mol. The van der Waals surface area contributed by atoms with Crippen molar-refractivity contribution in [1.82, 2.24) is 0 Å². The van der Waals surface area contributed by atoms with Crippen LogP contribution in [0.5, 0.6) is 0 Å². The van der Waals surface area contributed by atoms with E-state index in [2.05, 4.69) is 33.3 Å². The molecule has 0 N–H and O–H groups in total. The first-order valence-electron chi connectivity index (χ1n) is 3.58. The highest BCUT2D eigenvalue weighted by Crippen LogP contribution is 2.24. The van der Waals surface area contributed by atoms with Crippen LogP contribution < -0.4 is 0 Å². The van der Waals surface area contributed by atoms with Crippen molar-refractivity contribution in [2.75, 3.05) is 0 Å². The van der Waals surface area contributed by atoms with Crippen molar-refractivity contribution in [3.8, 4) is 12.3 Å². The molecule has 0 aliphatic carbocycles. The predicted octanol–water partition coefficient (Wildman–Crippen LogP) is 2.86. The van der Waals surface area contributed by atoms with Crippen LogP contribution in [-0.4, -0.2) is 0 Å². The Kier molecular flexibility index (Phi) is 3.22. The summed E-state index contributed by atoms with van der Waals surface area (Å²) in [5.41, 5.74) is 0.311. The maximum Gasteiger partial charge on any atom is 0.0382 e. The van der Waals surface area contributed by atoms with Crippen LogP contribution in [0.1, 0.15) is 27.2 Å². The number of hydrogen-bond acceptors (Lipinski definition) is 0. The van der Waals surface area contributed by atoms with Gasteiger partial charge in [0.15, 0.2) is 0 Å². The van der Waals surface area contributed by atoms with Crippen LogP contribution in [0, 0.1) is 23.7 Å². The summed E-state index contributed by atoms with van der Waals surface area (Å²) in [4.78, 5) is 0. The molecule has 0 aliphatic heterocycles. The van der Waals surface area contributed by atoms with Crippen molar-refractivity contribution in [3.63, 3.8) is 0 Å². The average molecular weight is 136 g/mol. The molecular formula is C10H16. The first kappa shape index (κ1) is 9.30. The number of allylic oxidation sites excluding steroid dienone is 1. The highest BCUT2D eigenvalue weighted by molar-refractivity contribution is 5.03. The van der Waals surface area contributed by atoms with E-state index in [4.69, 9.17) is 6.42 Å². The van der Waals surface area contributed by atoms with E-state index in [9.17, 15) is 0 Å². The summed E-state index contributed by atoms with van der Waals surface area (Å²) in [6.45, 7) is 10.2. The molecule has 0 amide bonds. The lowest BCUT2D eigenvalue weighted by Gasteiger charge is -2.20. The third kappa shape index (κ3) is 4.21. The number of hydrogen-bond donors (Lipinski definition) is 0. The highest BCUT2D eigenvalue weighted by atomic mass is 14.2. The van der Waals surface area contributed by atoms with Crippen molar-refractivity contribution in [2.24, 2.45) is 11.3 Å². The maximum absolute atomic E-state index is 5.27. The quantitative estimate of drug-likeness (QED) is 0.404. The first-order chi connectivity index (χ1) is 4.49. The molecule has 0 saturated carbocycles. The predicted molar refractivity (Wildman–Crippen MR) is 46.6 cm³/mol. The van der Waals surface area contributed by atoms with E-state index >= 15 is 0 Å². The largest absolute Gasteiger partial charge is 0.119 e. The molecule has 0 aromatic heterocycles. The Bertz CT molecular complexity index is 140. The van der Waals surface area contributed by atoms with Gasteiger partial charge in [-0.1, -0.05) is 32.8 Å². The minimum atomic E-state index is 0.236. The Hall–Kier alpha value is -0.700. The molecule has 0 fully saturated rings. The van der Waals surface area contributed by atoms with Gasteiger partial charge >= 0.3 is 0 Å². The fourth-order valence-corrected chi connectivity index (χ4v) is 0.870. The molecule has 1 unspecified atom stereocenters. The van der Waals surface area contributed by atoms with Gasteiger partial charge in [-0.3, -0.25) is 0 Å². The molecule has 10 heavy (non-hydrogen) atoms. The maximum atomic E-state index is 5.27. The summed E-state index contributed by atoms with van der Waals surface area (Å²) in [5, 5.41) is 0. The molecule has 0 aromatic rings. The van der Waals surface area contributed by atoms with E-state index in [1.807, 2.05) is 6.08 Å². The second kappa shape index (κ2) is 3.46. The summed E-state index contributed by atoms with van der Waals surface area (Å²) in [6, 6.07) is 0. The van der Waals surface area contributed by atoms with E-state index in [0.717, 1.165) is 6.42 Å². The Morgan fingerprint density at radius 2 is 2.10 bits per heavy atom. The second-order valence-corrected chi connectivity index (χ2v) is 3.77. The number of terminal acetylenes is 1. The molecule has 0 radical (unpaired) electrons. The SMILES string of the molecule is C#CC(C=C)CC(C)(C)C. The molecule has 56 valence electrons. The van der Waals surface area contributed by atoms with Crippen molar-refractivity contribution in [2.45, 2.75) is 27.2 Å². The van der Waals surface area contributed by atoms with Gasteiger partial charge in [0, 0.05) is 5.92 Å². The third-order valence-corrected chi connectivity index (χ3v) is 1.33. The van der Waals surface area contributed by atoms with Crippen LogP contribution in [0.2, 0.25) is 0 Å². The second-order valence-electron chi connectivity index (χ2n) is 3.77. The zero-order chi connectivity index (χ0) is 8.20. The van der Waals surface area contributed by atoms with Crippen LogP contribution in [0.3, 0.4) is 0 Å². The topological polar surface area (TPSA) is 0 Å². The van der Waals surface area contributed by atoms with Crippen LogP contribution >= 0.6 is 0 Å². The van der Waals surface area contributed by atoms with E-state index in [1.165, 1.54) is 0 Å². The van der Waals surface area contributed by atoms with Gasteiger partial charge < -0.3 is 0 Å². The summed E-state index contributed by atoms with van der Waals surface area (Å²) in [6.07, 6.45) is 8.13. The zero-order valence-electron chi connectivity index (χ0n) is 7.15. The van der Waals surface area contributed by atoms with Gasteiger partial charge in [0.25, 0.3) is 0 Å². The van der Waals surface area contributed by atoms with Crippen molar-refractivity contribution >= 4 is 0 Å². The summed E-state index contributed by atoms with van der Waals surface area (Å²) in [5.74, 6) is 2.93. The third-order valence-electron chi connectivity index (χ3n) is 1.33. The van der Waals surface area contributed by atoms with Gasteiger partial charge in [-0.25, -0.2) is 0 Å². The molecule has 0 rings (SSSR count). The highest BCUT2D eigenvalue weighted by Gasteiger charge is 2.13. The van der Waals surface area contributed by atoms with E-state index in [-0.39, 0.29) is 5.92 Å². The van der Waals surface area contributed by atoms with Crippen LogP contribution in [0.25, 0.3) is 0 Å². The summed E-state index contributed by atoms with van der Waals surface area (Å²) < 4.78 is 0. The molecular weight excluding hydrogens is 120 g/mol. The van der Waals surface area contributed by atoms with Crippen LogP contribution in [-0.2, 0) is 0 Å². The van der Waals surface area contributed by atoms with E-state index < -0.39 is 0 Å². The smallest absolute Gasteiger partial charge is 0.0382 e. The Balaban J connectivity index is 3.90. The van der Waals surface area contributed by atoms with Gasteiger partial charge in [-0.05, 0) is 11.8 Å². The zero-order valence-corrected chi connectivity index (χ0v) is 7.15. The van der Waals surface area contributed by atoms with Crippen LogP contribution in [0.4, 0.5) is 0 Å². The lowest BCUT2D eigenvalue weighted by molar-refractivity contribution is 0.355. The fraction of sp³-hybridized carbons (Fsp3) is 0.600. The molecule has 0 aliphatic rings. The summed E-state index contributed by atoms with van der Waals surface area (Å²) >= 11 is 0. The lowest BCUT2D eigenvalue weighted by atomic mass is 9.85. The van der Waals surface area contributed by atoms with Crippen molar-refractivity contribution in [3.05, 3.63) is 12.7 Å². The Morgan fingerprint density at radius 3 is 2.20 bits per heavy atom. The molecule has 0 spiro atoms. The Labute approximate surface area is 64.3 Å². The average Bonchev–Trinajstić information content (AvgIpc) is 1.81. The molecule has 0 nitrogen and oxygen atoms in total. The molecule has 0 aromatic carbocycles. The van der Waals surface area contributed by atoms with Crippen LogP contribution in [0.15, 0.2) is 12.7 Å². The molecule has 0 heteroatoms. The van der Waals surface area contributed by atoms with E-state index in [1.54, 1.807) is 0 Å². The van der Waals surface area contributed by atoms with Gasteiger partial charge in [0.2, 0.25) is 0 Å². The fourth-order valence-electron chi connectivity index (χ4n) is 0.870. The Morgan fingerprint density at radius 1 is 1.60 bits per heavy atom. The number of rotatable bonds is 2. The molecule has 0 bridgehead atoms. The van der Waals surface area contributed by atoms with Crippen molar-refractivity contribution in [1.29, 1.82) is 0 Å². The molecule has 1 atom stereocenters. The first-order valence-corrected chi connectivity index (χ1v) is 3.58.